The van der Waals surface area contributed by atoms with Crippen LogP contribution >= 0.6 is 12.2 Å². The van der Waals surface area contributed by atoms with Crippen molar-refractivity contribution in [3.8, 4) is 0 Å². The van der Waals surface area contributed by atoms with Crippen molar-refractivity contribution < 1.29 is 19.2 Å². The second-order valence-corrected chi connectivity index (χ2v) is 8.45. The normalized spacial score (nSPS) is 12.4. The highest BCUT2D eigenvalue weighted by molar-refractivity contribution is 7.81. The van der Waals surface area contributed by atoms with Gasteiger partial charge in [-0.1, -0.05) is 57.3 Å². The number of aliphatic hydroxyl groups excluding tert-OH is 1. The lowest BCUT2D eigenvalue weighted by molar-refractivity contribution is -0.578. The summed E-state index contributed by atoms with van der Waals surface area (Å²) in [5, 5.41) is 26.0. The third kappa shape index (κ3) is 5.14. The molecule has 0 spiro atoms. The van der Waals surface area contributed by atoms with Crippen molar-refractivity contribution in [2.75, 3.05) is 0 Å². The van der Waals surface area contributed by atoms with Gasteiger partial charge in [-0.25, -0.2) is 0 Å². The number of nitrogens with one attached hydrogen (secondary N) is 1. The van der Waals surface area contributed by atoms with Crippen molar-refractivity contribution in [2.45, 2.75) is 39.3 Å². The van der Waals surface area contributed by atoms with Gasteiger partial charge in [-0.15, -0.1) is 0 Å². The fourth-order valence-electron chi connectivity index (χ4n) is 3.02. The summed E-state index contributed by atoms with van der Waals surface area (Å²) < 4.78 is 7.00. The molecule has 0 bridgehead atoms. The minimum atomic E-state index is -0.201. The van der Waals surface area contributed by atoms with Crippen LogP contribution in [-0.2, 0) is 18.6 Å². The molecule has 3 aromatic rings. The van der Waals surface area contributed by atoms with Crippen LogP contribution in [0.1, 0.15) is 43.2 Å². The fraction of sp³-hybridized carbons (Fsp3) is 0.250. The van der Waals surface area contributed by atoms with E-state index in [0.717, 1.165) is 5.56 Å². The van der Waals surface area contributed by atoms with Gasteiger partial charge >= 0.3 is 0 Å². The molecule has 2 heterocycles. The quantitative estimate of drug-likeness (QED) is 0.276. The number of nitrogens with zero attached hydrogens (tertiary/aromatic N) is 1. The highest BCUT2D eigenvalue weighted by Crippen LogP contribution is 2.24. The van der Waals surface area contributed by atoms with Crippen molar-refractivity contribution in [1.82, 2.24) is 5.32 Å². The highest BCUT2D eigenvalue weighted by atomic mass is 32.1. The number of aromatic nitrogens is 1. The Kier molecular flexibility index (Phi) is 6.70. The second kappa shape index (κ2) is 9.24. The Morgan fingerprint density at radius 2 is 1.87 bits per heavy atom. The zero-order valence-corrected chi connectivity index (χ0v) is 18.2. The maximum absolute atomic E-state index is 13.4. The van der Waals surface area contributed by atoms with Crippen molar-refractivity contribution in [1.29, 1.82) is 0 Å². The molecule has 0 saturated carbocycles. The van der Waals surface area contributed by atoms with Crippen LogP contribution in [0.4, 0.5) is 0 Å². The lowest BCUT2D eigenvalue weighted by Crippen LogP contribution is -2.42. The second-order valence-electron chi connectivity index (χ2n) is 8.04. The molecule has 1 aromatic carbocycles. The molecule has 5 nitrogen and oxygen atoms in total. The Bertz CT molecular complexity index is 1030. The smallest absolute Gasteiger partial charge is 0.237 e. The summed E-state index contributed by atoms with van der Waals surface area (Å²) in [5.74, 6) is 0.514. The van der Waals surface area contributed by atoms with E-state index in [0.29, 0.717) is 34.1 Å². The van der Waals surface area contributed by atoms with Crippen molar-refractivity contribution in [2.24, 2.45) is 0 Å². The number of thiocarbonyl (C=S) groups is 1. The molecular formula is C24H26N2O3S. The number of hydrogen-bond donors (Lipinski definition) is 2. The summed E-state index contributed by atoms with van der Waals surface area (Å²) >= 11 is 5.58. The molecule has 0 radical (unpaired) electrons. The lowest BCUT2D eigenvalue weighted by Gasteiger charge is -2.21. The van der Waals surface area contributed by atoms with Gasteiger partial charge in [0, 0.05) is 11.6 Å². The average molecular weight is 423 g/mol. The topological polar surface area (TPSA) is 72.3 Å². The summed E-state index contributed by atoms with van der Waals surface area (Å²) in [5.41, 5.74) is 2.68. The van der Waals surface area contributed by atoms with Crippen molar-refractivity contribution >= 4 is 28.7 Å². The SMILES string of the molecule is CC(C)(C)c1ccc(/C([O-])=C(/C(=S)NCc2ccco2)[n+]2cccc(CO)c2)cc1. The Hall–Kier alpha value is -2.96. The fourth-order valence-corrected chi connectivity index (χ4v) is 3.29. The first-order valence-electron chi connectivity index (χ1n) is 9.74. The van der Waals surface area contributed by atoms with Crippen LogP contribution in [0.25, 0.3) is 11.5 Å². The van der Waals surface area contributed by atoms with E-state index >= 15 is 0 Å². The standard InChI is InChI=1S/C24H26N2O3S/c1-24(2,3)19-10-8-18(9-11-19)22(28)21(26-12-4-6-17(15-26)16-27)23(30)25-14-20-7-5-13-29-20/h4-13,15,27H,14,16H2,1-3H3,(H-,25,28,30). The largest absolute Gasteiger partial charge is 0.867 e. The van der Waals surface area contributed by atoms with Gasteiger partial charge < -0.3 is 19.9 Å². The third-order valence-electron chi connectivity index (χ3n) is 4.75. The van der Waals surface area contributed by atoms with Crippen LogP contribution in [0, 0.1) is 0 Å². The summed E-state index contributed by atoms with van der Waals surface area (Å²) in [6.07, 6.45) is 5.04. The molecule has 0 unspecified atom stereocenters. The van der Waals surface area contributed by atoms with E-state index in [2.05, 4.69) is 26.1 Å². The number of hydrogen-bond acceptors (Lipinski definition) is 4. The Balaban J connectivity index is 2.01. The number of rotatable bonds is 6. The zero-order valence-electron chi connectivity index (χ0n) is 17.4. The van der Waals surface area contributed by atoms with Gasteiger partial charge in [0.15, 0.2) is 17.4 Å². The molecule has 6 heteroatoms. The Morgan fingerprint density at radius 3 is 2.47 bits per heavy atom. The van der Waals surface area contributed by atoms with Crippen LogP contribution in [-0.4, -0.2) is 10.1 Å². The van der Waals surface area contributed by atoms with Gasteiger partial charge in [0.05, 0.1) is 19.4 Å². The van der Waals surface area contributed by atoms with Crippen LogP contribution < -0.4 is 15.0 Å². The first-order chi connectivity index (χ1) is 14.3. The van der Waals surface area contributed by atoms with Gasteiger partial charge in [-0.3, -0.25) is 0 Å². The Labute approximate surface area is 182 Å². The molecule has 0 aliphatic heterocycles. The maximum Gasteiger partial charge on any atom is 0.237 e. The highest BCUT2D eigenvalue weighted by Gasteiger charge is 2.20. The molecular weight excluding hydrogens is 396 g/mol. The third-order valence-corrected chi connectivity index (χ3v) is 5.09. The molecule has 156 valence electrons. The number of furan rings is 1. The minimum absolute atomic E-state index is 0.00176. The van der Waals surface area contributed by atoms with Gasteiger partial charge in [0.1, 0.15) is 5.76 Å². The van der Waals surface area contributed by atoms with Gasteiger partial charge in [0.2, 0.25) is 5.70 Å². The summed E-state index contributed by atoms with van der Waals surface area (Å²) in [7, 11) is 0. The zero-order chi connectivity index (χ0) is 21.7. The molecule has 30 heavy (non-hydrogen) atoms. The minimum Gasteiger partial charge on any atom is -0.867 e. The van der Waals surface area contributed by atoms with E-state index < -0.39 is 0 Å². The molecule has 0 fully saturated rings. The summed E-state index contributed by atoms with van der Waals surface area (Å²) in [6.45, 7) is 6.63. The summed E-state index contributed by atoms with van der Waals surface area (Å²) in [4.78, 5) is 0.302. The molecule has 0 aliphatic carbocycles. The Morgan fingerprint density at radius 1 is 1.13 bits per heavy atom. The van der Waals surface area contributed by atoms with Crippen molar-refractivity contribution in [3.63, 3.8) is 0 Å². The van der Waals surface area contributed by atoms with E-state index in [1.807, 2.05) is 30.3 Å². The molecule has 2 N–H and O–H groups in total. The van der Waals surface area contributed by atoms with Gasteiger partial charge in [-0.2, -0.15) is 4.57 Å². The van der Waals surface area contributed by atoms with Crippen LogP contribution in [0.5, 0.6) is 0 Å². The lowest BCUT2D eigenvalue weighted by atomic mass is 9.86. The predicted molar refractivity (Wildman–Crippen MR) is 119 cm³/mol. The van der Waals surface area contributed by atoms with E-state index in [4.69, 9.17) is 16.6 Å². The van der Waals surface area contributed by atoms with Crippen LogP contribution in [0.2, 0.25) is 0 Å². The number of aliphatic hydroxyl groups is 1. The molecule has 2 aromatic heterocycles. The molecule has 3 rings (SSSR count). The average Bonchev–Trinajstić information content (AvgIpc) is 3.26. The molecule has 0 atom stereocenters. The van der Waals surface area contributed by atoms with E-state index in [1.54, 1.807) is 41.4 Å². The predicted octanol–water partition coefficient (Wildman–Crippen LogP) is 3.16. The first-order valence-corrected chi connectivity index (χ1v) is 10.1. The van der Waals surface area contributed by atoms with E-state index in [-0.39, 0.29) is 17.8 Å². The van der Waals surface area contributed by atoms with Gasteiger partial charge in [0.25, 0.3) is 0 Å². The maximum atomic E-state index is 13.4. The number of benzene rings is 1. The van der Waals surface area contributed by atoms with Crippen LogP contribution in [0.15, 0.2) is 71.6 Å². The summed E-state index contributed by atoms with van der Waals surface area (Å²) in [6, 6.07) is 14.8. The monoisotopic (exact) mass is 422 g/mol. The number of pyridine rings is 1. The van der Waals surface area contributed by atoms with Crippen LogP contribution in [0.3, 0.4) is 0 Å². The molecule has 0 amide bonds. The first kappa shape index (κ1) is 21.7. The molecule has 0 aliphatic rings. The van der Waals surface area contributed by atoms with E-state index in [1.165, 1.54) is 0 Å². The van der Waals surface area contributed by atoms with Crippen molar-refractivity contribution in [3.05, 3.63) is 89.6 Å². The van der Waals surface area contributed by atoms with E-state index in [9.17, 15) is 10.2 Å². The van der Waals surface area contributed by atoms with Gasteiger partial charge in [-0.05, 0) is 40.5 Å². The molecule has 0 saturated heterocycles.